The zero-order valence-electron chi connectivity index (χ0n) is 9.41. The van der Waals surface area contributed by atoms with Crippen LogP contribution in [0.15, 0.2) is 44.3 Å². The third-order valence-corrected chi connectivity index (χ3v) is 2.77. The van der Waals surface area contributed by atoms with E-state index in [1.807, 2.05) is 0 Å². The van der Waals surface area contributed by atoms with Crippen molar-refractivity contribution in [3.63, 3.8) is 0 Å². The molecular formula is C11H7BrN2O5. The fraction of sp³-hybridized carbons (Fsp3) is 0.0909. The van der Waals surface area contributed by atoms with Gasteiger partial charge in [0.25, 0.3) is 0 Å². The quantitative estimate of drug-likeness (QED) is 0.486. The first-order valence-electron chi connectivity index (χ1n) is 5.10. The third-order valence-electron chi connectivity index (χ3n) is 2.34. The van der Waals surface area contributed by atoms with Gasteiger partial charge in [0.1, 0.15) is 0 Å². The van der Waals surface area contributed by atoms with E-state index in [2.05, 4.69) is 15.9 Å². The van der Waals surface area contributed by atoms with Gasteiger partial charge in [0.15, 0.2) is 5.76 Å². The van der Waals surface area contributed by atoms with Crippen LogP contribution >= 0.6 is 15.9 Å². The number of carbonyl (C=O) groups excluding carboxylic acids is 1. The molecule has 0 saturated heterocycles. The van der Waals surface area contributed by atoms with Gasteiger partial charge in [-0.05, 0) is 28.1 Å². The maximum Gasteiger partial charge on any atom is 0.335 e. The Hall–Kier alpha value is -2.22. The predicted molar refractivity (Wildman–Crippen MR) is 68.1 cm³/mol. The zero-order chi connectivity index (χ0) is 14.0. The number of Topliss-reactive ketones (excluding diaryl/α,β-unsaturated/α-hetero) is 1. The smallest absolute Gasteiger partial charge is 0.335 e. The fourth-order valence-corrected chi connectivity index (χ4v) is 1.97. The Bertz CT molecular complexity index is 690. The summed E-state index contributed by atoms with van der Waals surface area (Å²) in [4.78, 5) is 33.5. The average Bonchev–Trinajstić information content (AvgIpc) is 2.86. The molecule has 2 aromatic heterocycles. The van der Waals surface area contributed by atoms with Crippen LogP contribution in [-0.2, 0) is 6.54 Å². The van der Waals surface area contributed by atoms with E-state index in [1.54, 1.807) is 6.07 Å². The van der Waals surface area contributed by atoms with E-state index in [-0.39, 0.29) is 12.3 Å². The molecule has 0 aliphatic heterocycles. The number of aromatic nitrogens is 1. The highest BCUT2D eigenvalue weighted by atomic mass is 79.9. The van der Waals surface area contributed by atoms with Gasteiger partial charge in [0, 0.05) is 16.7 Å². The van der Waals surface area contributed by atoms with Gasteiger partial charge in [0.2, 0.25) is 5.78 Å². The lowest BCUT2D eigenvalue weighted by atomic mass is 10.3. The first-order chi connectivity index (χ1) is 8.99. The Morgan fingerprint density at radius 2 is 2.26 bits per heavy atom. The molecule has 0 aliphatic carbocycles. The van der Waals surface area contributed by atoms with Crippen molar-refractivity contribution in [1.29, 1.82) is 0 Å². The average molecular weight is 327 g/mol. The van der Waals surface area contributed by atoms with Gasteiger partial charge in [-0.25, -0.2) is 0 Å². The van der Waals surface area contributed by atoms with E-state index in [1.165, 1.54) is 18.5 Å². The first kappa shape index (κ1) is 13.2. The van der Waals surface area contributed by atoms with Gasteiger partial charge >= 0.3 is 11.2 Å². The van der Waals surface area contributed by atoms with Gasteiger partial charge in [-0.15, -0.1) is 0 Å². The summed E-state index contributed by atoms with van der Waals surface area (Å²) >= 11 is 3.06. The minimum Gasteiger partial charge on any atom is -0.461 e. The SMILES string of the molecule is O=C(Cn1cc(Br)cc([N+](=O)[O-])c1=O)c1ccco1. The van der Waals surface area contributed by atoms with Crippen LogP contribution in [0.25, 0.3) is 0 Å². The van der Waals surface area contributed by atoms with Crippen LogP contribution in [0.4, 0.5) is 5.69 Å². The van der Waals surface area contributed by atoms with Crippen LogP contribution < -0.4 is 5.56 Å². The molecule has 0 unspecified atom stereocenters. The van der Waals surface area contributed by atoms with Crippen molar-refractivity contribution in [3.8, 4) is 0 Å². The first-order valence-corrected chi connectivity index (χ1v) is 5.89. The largest absolute Gasteiger partial charge is 0.461 e. The lowest BCUT2D eigenvalue weighted by Crippen LogP contribution is -2.25. The molecule has 0 radical (unpaired) electrons. The molecule has 7 nitrogen and oxygen atoms in total. The van der Waals surface area contributed by atoms with Crippen LogP contribution in [0, 0.1) is 10.1 Å². The minimum absolute atomic E-state index is 0.0922. The molecule has 0 fully saturated rings. The highest BCUT2D eigenvalue weighted by Crippen LogP contribution is 2.14. The van der Waals surface area contributed by atoms with Crippen LogP contribution in [0.3, 0.4) is 0 Å². The fourth-order valence-electron chi connectivity index (χ4n) is 1.50. The summed E-state index contributed by atoms with van der Waals surface area (Å²) < 4.78 is 6.21. The number of hydrogen-bond donors (Lipinski definition) is 0. The van der Waals surface area contributed by atoms with E-state index in [0.717, 1.165) is 10.6 Å². The van der Waals surface area contributed by atoms with Crippen molar-refractivity contribution in [2.75, 3.05) is 0 Å². The summed E-state index contributed by atoms with van der Waals surface area (Å²) in [7, 11) is 0. The second-order valence-electron chi connectivity index (χ2n) is 3.63. The lowest BCUT2D eigenvalue weighted by molar-refractivity contribution is -0.386. The molecule has 0 amide bonds. The maximum absolute atomic E-state index is 11.8. The molecule has 2 heterocycles. The molecule has 19 heavy (non-hydrogen) atoms. The lowest BCUT2D eigenvalue weighted by Gasteiger charge is -2.04. The van der Waals surface area contributed by atoms with Crippen molar-refractivity contribution < 1.29 is 14.1 Å². The number of furan rings is 1. The molecule has 0 aromatic carbocycles. The summed E-state index contributed by atoms with van der Waals surface area (Å²) in [5.41, 5.74) is -1.44. The number of halogens is 1. The monoisotopic (exact) mass is 326 g/mol. The van der Waals surface area contributed by atoms with E-state index >= 15 is 0 Å². The highest BCUT2D eigenvalue weighted by Gasteiger charge is 2.18. The number of carbonyl (C=O) groups is 1. The number of rotatable bonds is 4. The van der Waals surface area contributed by atoms with Gasteiger partial charge in [-0.1, -0.05) is 0 Å². The summed E-state index contributed by atoms with van der Waals surface area (Å²) in [6, 6.07) is 4.09. The Morgan fingerprint density at radius 1 is 1.53 bits per heavy atom. The molecule has 2 rings (SSSR count). The van der Waals surface area contributed by atoms with Gasteiger partial charge in [0.05, 0.1) is 17.7 Å². The van der Waals surface area contributed by atoms with E-state index in [0.29, 0.717) is 4.47 Å². The molecule has 0 bridgehead atoms. The van der Waals surface area contributed by atoms with Crippen LogP contribution in [0.5, 0.6) is 0 Å². The molecule has 98 valence electrons. The van der Waals surface area contributed by atoms with E-state index in [4.69, 9.17) is 4.42 Å². The van der Waals surface area contributed by atoms with Crippen molar-refractivity contribution in [2.45, 2.75) is 6.54 Å². The molecule has 0 aliphatic rings. The second kappa shape index (κ2) is 5.19. The Kier molecular flexibility index (Phi) is 3.61. The normalized spacial score (nSPS) is 10.4. The van der Waals surface area contributed by atoms with Crippen LogP contribution in [0.1, 0.15) is 10.6 Å². The van der Waals surface area contributed by atoms with Gasteiger partial charge < -0.3 is 8.98 Å². The Labute approximate surface area is 114 Å². The standard InChI is InChI=1S/C11H7BrN2O5/c12-7-4-8(14(17)18)11(16)13(5-7)6-9(15)10-2-1-3-19-10/h1-5H,6H2. The van der Waals surface area contributed by atoms with Crippen molar-refractivity contribution in [2.24, 2.45) is 0 Å². The molecule has 0 atom stereocenters. The predicted octanol–water partition coefficient (Wildman–Crippen LogP) is 1.99. The summed E-state index contributed by atoms with van der Waals surface area (Å²) in [6.45, 7) is -0.327. The number of nitro groups is 1. The number of nitrogens with zero attached hydrogens (tertiary/aromatic N) is 2. The van der Waals surface area contributed by atoms with E-state index < -0.39 is 22.0 Å². The van der Waals surface area contributed by atoms with Crippen molar-refractivity contribution in [3.05, 3.63) is 61.4 Å². The zero-order valence-corrected chi connectivity index (χ0v) is 11.0. The maximum atomic E-state index is 11.8. The Morgan fingerprint density at radius 3 is 2.84 bits per heavy atom. The minimum atomic E-state index is -0.840. The summed E-state index contributed by atoms with van der Waals surface area (Å²) in [5.74, 6) is -0.353. The Balaban J connectivity index is 2.38. The molecule has 0 N–H and O–H groups in total. The molecule has 0 spiro atoms. The van der Waals surface area contributed by atoms with Crippen LogP contribution in [-0.4, -0.2) is 15.3 Å². The summed E-state index contributed by atoms with van der Waals surface area (Å²) in [6.07, 6.45) is 2.65. The van der Waals surface area contributed by atoms with Gasteiger partial charge in [-0.3, -0.25) is 19.7 Å². The number of hydrogen-bond acceptors (Lipinski definition) is 5. The number of ketones is 1. The second-order valence-corrected chi connectivity index (χ2v) is 4.55. The third kappa shape index (κ3) is 2.79. The molecular weight excluding hydrogens is 320 g/mol. The van der Waals surface area contributed by atoms with Crippen molar-refractivity contribution in [1.82, 2.24) is 4.57 Å². The molecule has 2 aromatic rings. The summed E-state index contributed by atoms with van der Waals surface area (Å²) in [5, 5.41) is 10.7. The molecule has 8 heteroatoms. The van der Waals surface area contributed by atoms with Crippen molar-refractivity contribution >= 4 is 27.4 Å². The van der Waals surface area contributed by atoms with Crippen LogP contribution in [0.2, 0.25) is 0 Å². The topological polar surface area (TPSA) is 95.4 Å². The van der Waals surface area contributed by atoms with E-state index in [9.17, 15) is 19.7 Å². The number of pyridine rings is 1. The molecule has 0 saturated carbocycles. The highest BCUT2D eigenvalue weighted by molar-refractivity contribution is 9.10. The van der Waals surface area contributed by atoms with Gasteiger partial charge in [-0.2, -0.15) is 0 Å².